The fraction of sp³-hybridized carbons (Fsp3) is 0.333. The molecule has 0 bridgehead atoms. The van der Waals surface area contributed by atoms with Gasteiger partial charge in [-0.15, -0.1) is 0 Å². The lowest BCUT2D eigenvalue weighted by Gasteiger charge is -2.18. The first-order valence-corrected chi connectivity index (χ1v) is 7.47. The molecule has 0 fully saturated rings. The number of hydrogen-bond donors (Lipinski definition) is 1. The van der Waals surface area contributed by atoms with Gasteiger partial charge >= 0.3 is 0 Å². The van der Waals surface area contributed by atoms with Crippen molar-refractivity contribution in [2.45, 2.75) is 39.5 Å². The quantitative estimate of drug-likeness (QED) is 0.706. The number of anilines is 1. The van der Waals surface area contributed by atoms with Crippen molar-refractivity contribution in [2.75, 3.05) is 5.73 Å². The number of nitrogen functional groups attached to an aromatic ring is 1. The van der Waals surface area contributed by atoms with Crippen LogP contribution < -0.4 is 5.73 Å². The number of hydrogen-bond acceptors (Lipinski definition) is 1. The normalized spacial score (nSPS) is 11.3. The van der Waals surface area contributed by atoms with Crippen LogP contribution in [0.3, 0.4) is 0 Å². The van der Waals surface area contributed by atoms with Gasteiger partial charge in [-0.2, -0.15) is 0 Å². The van der Waals surface area contributed by atoms with Gasteiger partial charge in [0.15, 0.2) is 0 Å². The van der Waals surface area contributed by atoms with Crippen molar-refractivity contribution < 1.29 is 0 Å². The van der Waals surface area contributed by atoms with E-state index in [1.165, 1.54) is 16.7 Å². The molecular formula is C18H22ClN. The third-order valence-electron chi connectivity index (χ3n) is 3.67. The molecule has 0 heterocycles. The number of nitrogens with two attached hydrogens (primary N) is 1. The van der Waals surface area contributed by atoms with E-state index >= 15 is 0 Å². The second kappa shape index (κ2) is 5.88. The van der Waals surface area contributed by atoms with Gasteiger partial charge in [0.1, 0.15) is 0 Å². The Kier molecular flexibility index (Phi) is 4.39. The van der Waals surface area contributed by atoms with Gasteiger partial charge in [-0.1, -0.05) is 57.5 Å². The first-order chi connectivity index (χ1) is 9.40. The minimum atomic E-state index is 0.446. The second-order valence-electron chi connectivity index (χ2n) is 5.89. The van der Waals surface area contributed by atoms with Crippen LogP contribution in [0.25, 0.3) is 11.1 Å². The van der Waals surface area contributed by atoms with Gasteiger partial charge in [-0.3, -0.25) is 0 Å². The monoisotopic (exact) mass is 287 g/mol. The van der Waals surface area contributed by atoms with Crippen LogP contribution in [-0.2, 0) is 0 Å². The van der Waals surface area contributed by atoms with Gasteiger partial charge < -0.3 is 5.73 Å². The van der Waals surface area contributed by atoms with Crippen LogP contribution in [0.5, 0.6) is 0 Å². The summed E-state index contributed by atoms with van der Waals surface area (Å²) < 4.78 is 0. The van der Waals surface area contributed by atoms with E-state index in [1.54, 1.807) is 0 Å². The molecule has 0 aliphatic heterocycles. The first kappa shape index (κ1) is 14.9. The maximum Gasteiger partial charge on any atom is 0.0413 e. The molecule has 0 unspecified atom stereocenters. The maximum atomic E-state index is 6.13. The predicted molar refractivity (Wildman–Crippen MR) is 89.5 cm³/mol. The van der Waals surface area contributed by atoms with Crippen LogP contribution in [0.2, 0.25) is 5.02 Å². The molecule has 0 aliphatic carbocycles. The average Bonchev–Trinajstić information content (AvgIpc) is 2.40. The van der Waals surface area contributed by atoms with Crippen molar-refractivity contribution in [3.05, 3.63) is 52.5 Å². The van der Waals surface area contributed by atoms with E-state index in [-0.39, 0.29) is 0 Å². The van der Waals surface area contributed by atoms with E-state index in [2.05, 4.69) is 45.9 Å². The van der Waals surface area contributed by atoms with Crippen molar-refractivity contribution in [2.24, 2.45) is 0 Å². The molecule has 1 nitrogen and oxygen atoms in total. The summed E-state index contributed by atoms with van der Waals surface area (Å²) in [6.07, 6.45) is 0. The number of rotatable bonds is 3. The Balaban J connectivity index is 2.64. The summed E-state index contributed by atoms with van der Waals surface area (Å²) in [5, 5.41) is 0.719. The SMILES string of the molecule is CC(C)c1ccc(-c2cc(Cl)ccc2N)c(C(C)C)c1. The topological polar surface area (TPSA) is 26.0 Å². The van der Waals surface area contributed by atoms with E-state index in [1.807, 2.05) is 18.2 Å². The standard InChI is InChI=1S/C18H22ClN/c1-11(2)13-5-7-15(16(9-13)12(3)4)17-10-14(19)6-8-18(17)20/h5-12H,20H2,1-4H3. The van der Waals surface area contributed by atoms with Gasteiger partial charge in [-0.25, -0.2) is 0 Å². The van der Waals surface area contributed by atoms with Crippen molar-refractivity contribution in [1.29, 1.82) is 0 Å². The lowest BCUT2D eigenvalue weighted by atomic mass is 9.88. The van der Waals surface area contributed by atoms with Crippen LogP contribution in [0.1, 0.15) is 50.7 Å². The van der Waals surface area contributed by atoms with E-state index < -0.39 is 0 Å². The Labute approximate surface area is 126 Å². The highest BCUT2D eigenvalue weighted by molar-refractivity contribution is 6.31. The van der Waals surface area contributed by atoms with E-state index in [0.717, 1.165) is 16.3 Å². The van der Waals surface area contributed by atoms with Crippen molar-refractivity contribution in [3.8, 4) is 11.1 Å². The molecule has 2 heteroatoms. The van der Waals surface area contributed by atoms with Gasteiger partial charge in [-0.05, 0) is 46.7 Å². The predicted octanol–water partition coefficient (Wildman–Crippen LogP) is 5.84. The smallest absolute Gasteiger partial charge is 0.0413 e. The summed E-state index contributed by atoms with van der Waals surface area (Å²) in [5.41, 5.74) is 11.8. The van der Waals surface area contributed by atoms with E-state index in [0.29, 0.717) is 11.8 Å². The van der Waals surface area contributed by atoms with Crippen LogP contribution in [0, 0.1) is 0 Å². The Hall–Kier alpha value is -1.47. The lowest BCUT2D eigenvalue weighted by Crippen LogP contribution is -1.99. The number of benzene rings is 2. The molecule has 0 saturated carbocycles. The third kappa shape index (κ3) is 2.99. The van der Waals surface area contributed by atoms with Crippen LogP contribution in [0.15, 0.2) is 36.4 Å². The molecule has 106 valence electrons. The summed E-state index contributed by atoms with van der Waals surface area (Å²) >= 11 is 6.12. The Morgan fingerprint density at radius 1 is 0.850 bits per heavy atom. The van der Waals surface area contributed by atoms with Crippen LogP contribution >= 0.6 is 11.6 Å². The fourth-order valence-corrected chi connectivity index (χ4v) is 2.60. The van der Waals surface area contributed by atoms with Crippen LogP contribution in [0.4, 0.5) is 5.69 Å². The summed E-state index contributed by atoms with van der Waals surface area (Å²) in [4.78, 5) is 0. The molecule has 0 aliphatic rings. The largest absolute Gasteiger partial charge is 0.398 e. The molecule has 2 rings (SSSR count). The van der Waals surface area contributed by atoms with Gasteiger partial charge in [0.05, 0.1) is 0 Å². The molecule has 2 N–H and O–H groups in total. The zero-order valence-electron chi connectivity index (χ0n) is 12.6. The van der Waals surface area contributed by atoms with Gasteiger partial charge in [0.2, 0.25) is 0 Å². The molecule has 0 aromatic heterocycles. The Morgan fingerprint density at radius 2 is 1.55 bits per heavy atom. The van der Waals surface area contributed by atoms with Crippen molar-refractivity contribution in [1.82, 2.24) is 0 Å². The Bertz CT molecular complexity index is 615. The highest BCUT2D eigenvalue weighted by atomic mass is 35.5. The summed E-state index contributed by atoms with van der Waals surface area (Å²) in [5.74, 6) is 0.973. The molecule has 20 heavy (non-hydrogen) atoms. The maximum absolute atomic E-state index is 6.13. The molecule has 0 spiro atoms. The summed E-state index contributed by atoms with van der Waals surface area (Å²) in [6, 6.07) is 12.3. The molecular weight excluding hydrogens is 266 g/mol. The Morgan fingerprint density at radius 3 is 2.15 bits per heavy atom. The van der Waals surface area contributed by atoms with Crippen molar-refractivity contribution >= 4 is 17.3 Å². The minimum absolute atomic E-state index is 0.446. The third-order valence-corrected chi connectivity index (χ3v) is 3.90. The van der Waals surface area contributed by atoms with E-state index in [9.17, 15) is 0 Å². The van der Waals surface area contributed by atoms with Crippen molar-refractivity contribution in [3.63, 3.8) is 0 Å². The van der Waals surface area contributed by atoms with Crippen LogP contribution in [-0.4, -0.2) is 0 Å². The molecule has 0 radical (unpaired) electrons. The summed E-state index contributed by atoms with van der Waals surface area (Å²) in [6.45, 7) is 8.85. The number of halogens is 1. The fourth-order valence-electron chi connectivity index (χ4n) is 2.43. The molecule has 2 aromatic carbocycles. The highest BCUT2D eigenvalue weighted by Crippen LogP contribution is 2.36. The average molecular weight is 288 g/mol. The highest BCUT2D eigenvalue weighted by Gasteiger charge is 2.13. The van der Waals surface area contributed by atoms with Gasteiger partial charge in [0.25, 0.3) is 0 Å². The van der Waals surface area contributed by atoms with E-state index in [4.69, 9.17) is 17.3 Å². The molecule has 0 amide bonds. The summed E-state index contributed by atoms with van der Waals surface area (Å²) in [7, 11) is 0. The zero-order valence-corrected chi connectivity index (χ0v) is 13.3. The molecule has 2 aromatic rings. The minimum Gasteiger partial charge on any atom is -0.398 e. The van der Waals surface area contributed by atoms with Gasteiger partial charge in [0, 0.05) is 16.3 Å². The first-order valence-electron chi connectivity index (χ1n) is 7.09. The lowest BCUT2D eigenvalue weighted by molar-refractivity contribution is 0.835. The second-order valence-corrected chi connectivity index (χ2v) is 6.32. The molecule has 0 atom stereocenters. The molecule has 0 saturated heterocycles. The zero-order chi connectivity index (χ0) is 14.9.